The first kappa shape index (κ1) is 23.9. The molecule has 0 spiro atoms. The zero-order valence-electron chi connectivity index (χ0n) is 17.9. The van der Waals surface area contributed by atoms with Crippen LogP contribution in [0.1, 0.15) is 18.1 Å². The van der Waals surface area contributed by atoms with E-state index in [-0.39, 0.29) is 6.54 Å². The summed E-state index contributed by atoms with van der Waals surface area (Å²) in [5, 5.41) is 3.93. The van der Waals surface area contributed by atoms with Crippen molar-refractivity contribution in [3.05, 3.63) is 66.2 Å². The minimum absolute atomic E-state index is 0.349. The summed E-state index contributed by atoms with van der Waals surface area (Å²) in [6.07, 6.45) is 4.13. The lowest BCUT2D eigenvalue weighted by Crippen LogP contribution is -2.39. The lowest BCUT2D eigenvalue weighted by Gasteiger charge is -2.23. The Bertz CT molecular complexity index is 1050. The quantitative estimate of drug-likeness (QED) is 0.326. The molecule has 0 aromatic heterocycles. The molecule has 8 nitrogen and oxygen atoms in total. The van der Waals surface area contributed by atoms with Crippen LogP contribution in [-0.4, -0.2) is 46.6 Å². The number of hydrogen-bond acceptors (Lipinski definition) is 6. The van der Waals surface area contributed by atoms with Gasteiger partial charge in [0, 0.05) is 0 Å². The van der Waals surface area contributed by atoms with Crippen LogP contribution in [0, 0.1) is 6.92 Å². The van der Waals surface area contributed by atoms with Crippen LogP contribution in [0.4, 0.5) is 5.69 Å². The Hall–Kier alpha value is -3.33. The van der Waals surface area contributed by atoms with E-state index in [0.29, 0.717) is 36.0 Å². The van der Waals surface area contributed by atoms with Gasteiger partial charge in [-0.25, -0.2) is 13.8 Å². The van der Waals surface area contributed by atoms with Gasteiger partial charge < -0.3 is 9.47 Å². The number of amides is 1. The van der Waals surface area contributed by atoms with Gasteiger partial charge in [-0.1, -0.05) is 30.9 Å². The number of rotatable bonds is 11. The molecule has 31 heavy (non-hydrogen) atoms. The second-order valence-corrected chi connectivity index (χ2v) is 8.49. The van der Waals surface area contributed by atoms with Crippen molar-refractivity contribution in [1.29, 1.82) is 0 Å². The number of para-hydroxylation sites is 1. The summed E-state index contributed by atoms with van der Waals surface area (Å²) in [6, 6.07) is 12.2. The molecule has 0 heterocycles. The molecular weight excluding hydrogens is 418 g/mol. The lowest BCUT2D eigenvalue weighted by molar-refractivity contribution is -0.119. The van der Waals surface area contributed by atoms with E-state index in [1.165, 1.54) is 6.21 Å². The third-order valence-corrected chi connectivity index (χ3v) is 5.23. The molecule has 0 aliphatic carbocycles. The van der Waals surface area contributed by atoms with E-state index in [1.807, 2.05) is 6.92 Å². The average molecular weight is 446 g/mol. The number of hydrogen-bond donors (Lipinski definition) is 1. The average Bonchev–Trinajstić information content (AvgIpc) is 2.71. The fourth-order valence-electron chi connectivity index (χ4n) is 2.71. The Kier molecular flexibility index (Phi) is 8.63. The monoisotopic (exact) mass is 445 g/mol. The van der Waals surface area contributed by atoms with E-state index in [9.17, 15) is 13.2 Å². The molecule has 1 amide bonds. The fourth-order valence-corrected chi connectivity index (χ4v) is 3.62. The lowest BCUT2D eigenvalue weighted by atomic mass is 10.2. The molecule has 0 aliphatic rings. The van der Waals surface area contributed by atoms with Gasteiger partial charge in [0.15, 0.2) is 11.5 Å². The number of carbonyl (C=O) groups is 1. The first-order valence-electron chi connectivity index (χ1n) is 9.62. The van der Waals surface area contributed by atoms with Crippen LogP contribution < -0.4 is 19.2 Å². The zero-order valence-corrected chi connectivity index (χ0v) is 18.7. The highest BCUT2D eigenvalue weighted by atomic mass is 32.2. The molecule has 0 saturated heterocycles. The van der Waals surface area contributed by atoms with Crippen molar-refractivity contribution < 1.29 is 22.7 Å². The molecule has 166 valence electrons. The van der Waals surface area contributed by atoms with Gasteiger partial charge in [-0.05, 0) is 49.2 Å². The van der Waals surface area contributed by atoms with Gasteiger partial charge in [0.1, 0.15) is 13.2 Å². The number of benzene rings is 2. The Morgan fingerprint density at radius 3 is 2.58 bits per heavy atom. The molecule has 9 heteroatoms. The predicted molar refractivity (Wildman–Crippen MR) is 122 cm³/mol. The van der Waals surface area contributed by atoms with Crippen molar-refractivity contribution in [2.45, 2.75) is 13.8 Å². The van der Waals surface area contributed by atoms with Gasteiger partial charge in [-0.2, -0.15) is 5.10 Å². The molecule has 1 N–H and O–H groups in total. The van der Waals surface area contributed by atoms with Crippen LogP contribution in [0.5, 0.6) is 11.5 Å². The fraction of sp³-hybridized carbons (Fsp3) is 0.273. The second-order valence-electron chi connectivity index (χ2n) is 6.59. The Morgan fingerprint density at radius 2 is 1.94 bits per heavy atom. The third-order valence-electron chi connectivity index (χ3n) is 4.10. The number of nitrogens with one attached hydrogen (secondary N) is 1. The van der Waals surface area contributed by atoms with Gasteiger partial charge in [0.25, 0.3) is 5.91 Å². The number of aryl methyl sites for hydroxylation is 1. The Balaban J connectivity index is 2.09. The summed E-state index contributed by atoms with van der Waals surface area (Å²) in [4.78, 5) is 12.3. The standard InChI is InChI=1S/C22H27N3O5S/c1-5-13-30-20-12-11-18(14-21(20)29-6-2)15-23-24-22(26)16-25(31(4,27)28)19-10-8-7-9-17(19)3/h5,7-12,14-15H,1,6,13,16H2,2-4H3,(H,24,26)/b23-15-. The van der Waals surface area contributed by atoms with Crippen LogP contribution in [0.25, 0.3) is 0 Å². The Labute approximate surface area is 183 Å². The highest BCUT2D eigenvalue weighted by Crippen LogP contribution is 2.28. The van der Waals surface area contributed by atoms with Crippen LogP contribution >= 0.6 is 0 Å². The molecule has 2 rings (SSSR count). The summed E-state index contributed by atoms with van der Waals surface area (Å²) >= 11 is 0. The van der Waals surface area contributed by atoms with Crippen molar-refractivity contribution in [1.82, 2.24) is 5.43 Å². The topological polar surface area (TPSA) is 97.3 Å². The second kappa shape index (κ2) is 11.2. The van der Waals surface area contributed by atoms with Gasteiger partial charge in [0.05, 0.1) is 24.8 Å². The van der Waals surface area contributed by atoms with Crippen LogP contribution in [0.15, 0.2) is 60.2 Å². The molecule has 0 bridgehead atoms. The first-order valence-corrected chi connectivity index (χ1v) is 11.5. The minimum Gasteiger partial charge on any atom is -0.490 e. The molecule has 2 aromatic carbocycles. The number of hydrazone groups is 1. The molecule has 0 radical (unpaired) electrons. The van der Waals surface area contributed by atoms with Gasteiger partial charge in [-0.15, -0.1) is 0 Å². The van der Waals surface area contributed by atoms with Crippen LogP contribution in [0.2, 0.25) is 0 Å². The Morgan fingerprint density at radius 1 is 1.19 bits per heavy atom. The number of nitrogens with zero attached hydrogens (tertiary/aromatic N) is 2. The minimum atomic E-state index is -3.65. The van der Waals surface area contributed by atoms with Gasteiger partial charge >= 0.3 is 0 Å². The number of ether oxygens (including phenoxy) is 2. The summed E-state index contributed by atoms with van der Waals surface area (Å²) in [5.74, 6) is 0.549. The van der Waals surface area contributed by atoms with E-state index in [4.69, 9.17) is 9.47 Å². The van der Waals surface area contributed by atoms with E-state index in [1.54, 1.807) is 55.5 Å². The zero-order chi connectivity index (χ0) is 22.9. The van der Waals surface area contributed by atoms with Gasteiger partial charge in [-0.3, -0.25) is 9.10 Å². The maximum atomic E-state index is 12.3. The number of sulfonamides is 1. The van der Waals surface area contributed by atoms with Crippen molar-refractivity contribution >= 4 is 27.8 Å². The SMILES string of the molecule is C=CCOc1ccc(/C=N\NC(=O)CN(c2ccccc2C)S(C)(=O)=O)cc1OCC. The smallest absolute Gasteiger partial charge is 0.260 e. The molecule has 0 fully saturated rings. The molecular formula is C22H27N3O5S. The maximum Gasteiger partial charge on any atom is 0.260 e. The number of carbonyl (C=O) groups excluding carboxylic acids is 1. The van der Waals surface area contributed by atoms with Gasteiger partial charge in [0.2, 0.25) is 10.0 Å². The normalized spacial score (nSPS) is 11.2. The molecule has 0 atom stereocenters. The van der Waals surface area contributed by atoms with Crippen molar-refractivity contribution in [3.8, 4) is 11.5 Å². The molecule has 0 aliphatic heterocycles. The number of anilines is 1. The summed E-state index contributed by atoms with van der Waals surface area (Å²) in [7, 11) is -3.65. The molecule has 0 saturated carbocycles. The summed E-state index contributed by atoms with van der Waals surface area (Å²) in [5.41, 5.74) is 4.22. The van der Waals surface area contributed by atoms with E-state index < -0.39 is 15.9 Å². The van der Waals surface area contributed by atoms with Crippen molar-refractivity contribution in [2.75, 3.05) is 30.3 Å². The van der Waals surface area contributed by atoms with Crippen LogP contribution in [0.3, 0.4) is 0 Å². The third kappa shape index (κ3) is 7.14. The predicted octanol–water partition coefficient (Wildman–Crippen LogP) is 2.87. The van der Waals surface area contributed by atoms with Crippen LogP contribution in [-0.2, 0) is 14.8 Å². The van der Waals surface area contributed by atoms with E-state index in [0.717, 1.165) is 16.1 Å². The highest BCUT2D eigenvalue weighted by molar-refractivity contribution is 7.92. The van der Waals surface area contributed by atoms with E-state index >= 15 is 0 Å². The summed E-state index contributed by atoms with van der Waals surface area (Å²) < 4.78 is 36.6. The maximum absolute atomic E-state index is 12.3. The summed E-state index contributed by atoms with van der Waals surface area (Å²) in [6.45, 7) is 7.68. The largest absolute Gasteiger partial charge is 0.490 e. The molecule has 2 aromatic rings. The molecule has 0 unspecified atom stereocenters. The van der Waals surface area contributed by atoms with Crippen molar-refractivity contribution in [2.24, 2.45) is 5.10 Å². The van der Waals surface area contributed by atoms with E-state index in [2.05, 4.69) is 17.1 Å². The highest BCUT2D eigenvalue weighted by Gasteiger charge is 2.21. The van der Waals surface area contributed by atoms with Crippen molar-refractivity contribution in [3.63, 3.8) is 0 Å². The first-order chi connectivity index (χ1) is 14.8.